The van der Waals surface area contributed by atoms with E-state index in [4.69, 9.17) is 5.73 Å². The Morgan fingerprint density at radius 2 is 2.00 bits per heavy atom. The number of rotatable bonds is 2. The SMILES string of the molecule is Cc1cc2nc(N)c3cnn(C)c3c2cc1C(=O)N1CC(F)(F)CN1c1ncccc1F. The largest absolute Gasteiger partial charge is 0.383 e. The Morgan fingerprint density at radius 1 is 1.22 bits per heavy atom. The van der Waals surface area contributed by atoms with Crippen molar-refractivity contribution in [2.45, 2.75) is 12.8 Å². The first-order valence-corrected chi connectivity index (χ1v) is 9.75. The molecular formula is C21H18F3N7O. The van der Waals surface area contributed by atoms with Gasteiger partial charge in [-0.15, -0.1) is 0 Å². The molecule has 0 bridgehead atoms. The summed E-state index contributed by atoms with van der Waals surface area (Å²) in [4.78, 5) is 21.7. The zero-order chi connectivity index (χ0) is 22.8. The van der Waals surface area contributed by atoms with Crippen LogP contribution in [0.2, 0.25) is 0 Å². The van der Waals surface area contributed by atoms with E-state index in [1.807, 2.05) is 0 Å². The third-order valence-electron chi connectivity index (χ3n) is 5.56. The summed E-state index contributed by atoms with van der Waals surface area (Å²) in [6, 6.07) is 5.72. The van der Waals surface area contributed by atoms with Crippen molar-refractivity contribution in [1.29, 1.82) is 0 Å². The van der Waals surface area contributed by atoms with E-state index in [2.05, 4.69) is 15.1 Å². The standard InChI is InChI=1S/C21H18F3N7O/c1-11-6-16-13(17-14(18(25)28-16)8-27-29(17)2)7-12(11)20(32)31-10-21(23,24)9-30(31)19-15(22)4-3-5-26-19/h3-8H,9-10H2,1-2H3,(H2,25,28). The van der Waals surface area contributed by atoms with Gasteiger partial charge in [0.2, 0.25) is 0 Å². The van der Waals surface area contributed by atoms with Gasteiger partial charge in [0.05, 0.1) is 22.6 Å². The highest BCUT2D eigenvalue weighted by atomic mass is 19.3. The second kappa shape index (κ2) is 6.81. The summed E-state index contributed by atoms with van der Waals surface area (Å²) in [5.74, 6) is -4.75. The Kier molecular flexibility index (Phi) is 4.26. The van der Waals surface area contributed by atoms with Crippen LogP contribution in [0.15, 0.2) is 36.7 Å². The quantitative estimate of drug-likeness (QED) is 0.514. The number of hydrazine groups is 1. The summed E-state index contributed by atoms with van der Waals surface area (Å²) < 4.78 is 44.6. The normalized spacial score (nSPS) is 15.8. The Labute approximate surface area is 180 Å². The van der Waals surface area contributed by atoms with Crippen LogP contribution in [0.25, 0.3) is 21.8 Å². The van der Waals surface area contributed by atoms with Crippen molar-refractivity contribution in [2.75, 3.05) is 23.8 Å². The van der Waals surface area contributed by atoms with Crippen molar-refractivity contribution in [3.8, 4) is 0 Å². The number of anilines is 2. The number of halogens is 3. The number of nitrogen functional groups attached to an aromatic ring is 1. The molecule has 3 aromatic heterocycles. The highest BCUT2D eigenvalue weighted by molar-refractivity contribution is 6.10. The molecular weight excluding hydrogens is 423 g/mol. The Bertz CT molecular complexity index is 1400. The lowest BCUT2D eigenvalue weighted by Gasteiger charge is -2.28. The molecule has 2 N–H and O–H groups in total. The van der Waals surface area contributed by atoms with Crippen LogP contribution in [0.4, 0.5) is 24.8 Å². The minimum Gasteiger partial charge on any atom is -0.383 e. The van der Waals surface area contributed by atoms with Crippen LogP contribution in [-0.2, 0) is 7.05 Å². The third-order valence-corrected chi connectivity index (χ3v) is 5.56. The molecule has 0 unspecified atom stereocenters. The summed E-state index contributed by atoms with van der Waals surface area (Å²) in [7, 11) is 1.73. The molecule has 1 fully saturated rings. The third kappa shape index (κ3) is 3.00. The number of benzene rings is 1. The predicted molar refractivity (Wildman–Crippen MR) is 113 cm³/mol. The molecule has 1 aromatic carbocycles. The predicted octanol–water partition coefficient (Wildman–Crippen LogP) is 3.06. The first kappa shape index (κ1) is 20.0. The molecule has 1 amide bonds. The van der Waals surface area contributed by atoms with Crippen LogP contribution in [0.1, 0.15) is 15.9 Å². The number of nitrogens with two attached hydrogens (primary N) is 1. The zero-order valence-electron chi connectivity index (χ0n) is 17.2. The van der Waals surface area contributed by atoms with Gasteiger partial charge in [0.25, 0.3) is 11.8 Å². The van der Waals surface area contributed by atoms with E-state index < -0.39 is 30.7 Å². The summed E-state index contributed by atoms with van der Waals surface area (Å²) in [6.07, 6.45) is 2.86. The number of aryl methyl sites for hydroxylation is 2. The summed E-state index contributed by atoms with van der Waals surface area (Å²) in [5, 5.41) is 7.15. The molecule has 0 aliphatic carbocycles. The fourth-order valence-electron chi connectivity index (χ4n) is 4.08. The lowest BCUT2D eigenvalue weighted by atomic mass is 10.0. The monoisotopic (exact) mass is 441 g/mol. The summed E-state index contributed by atoms with van der Waals surface area (Å²) in [5.41, 5.74) is 7.96. The van der Waals surface area contributed by atoms with Gasteiger partial charge in [0, 0.05) is 24.2 Å². The number of aromatic nitrogens is 4. The Hall–Kier alpha value is -3.89. The number of carbonyl (C=O) groups excluding carboxylic acids is 1. The van der Waals surface area contributed by atoms with Crippen LogP contribution in [0.3, 0.4) is 0 Å². The molecule has 11 heteroatoms. The fourth-order valence-corrected chi connectivity index (χ4v) is 4.08. The molecule has 5 rings (SSSR count). The molecule has 4 aromatic rings. The average Bonchev–Trinajstić information content (AvgIpc) is 3.28. The minimum absolute atomic E-state index is 0.186. The maximum Gasteiger partial charge on any atom is 0.286 e. The van der Waals surface area contributed by atoms with E-state index in [0.29, 0.717) is 33.2 Å². The van der Waals surface area contributed by atoms with Crippen molar-refractivity contribution in [3.63, 3.8) is 0 Å². The van der Waals surface area contributed by atoms with Gasteiger partial charge in [-0.3, -0.25) is 14.5 Å². The number of pyridine rings is 2. The Balaban J connectivity index is 1.66. The molecule has 4 heterocycles. The van der Waals surface area contributed by atoms with E-state index >= 15 is 0 Å². The number of amides is 1. The molecule has 1 saturated heterocycles. The van der Waals surface area contributed by atoms with Gasteiger partial charge in [-0.25, -0.2) is 28.1 Å². The molecule has 8 nitrogen and oxygen atoms in total. The van der Waals surface area contributed by atoms with E-state index in [1.54, 1.807) is 37.0 Å². The van der Waals surface area contributed by atoms with E-state index in [9.17, 15) is 18.0 Å². The molecule has 0 radical (unpaired) electrons. The highest BCUT2D eigenvalue weighted by Crippen LogP contribution is 2.34. The van der Waals surface area contributed by atoms with E-state index in [0.717, 1.165) is 16.1 Å². The molecule has 1 aliphatic rings. The van der Waals surface area contributed by atoms with Gasteiger partial charge < -0.3 is 5.73 Å². The van der Waals surface area contributed by atoms with Crippen LogP contribution in [0, 0.1) is 12.7 Å². The fraction of sp³-hybridized carbons (Fsp3) is 0.238. The van der Waals surface area contributed by atoms with Crippen molar-refractivity contribution < 1.29 is 18.0 Å². The number of alkyl halides is 2. The minimum atomic E-state index is -3.23. The van der Waals surface area contributed by atoms with Gasteiger partial charge in [-0.05, 0) is 36.8 Å². The van der Waals surface area contributed by atoms with Crippen molar-refractivity contribution in [1.82, 2.24) is 24.8 Å². The van der Waals surface area contributed by atoms with Gasteiger partial charge in [0.1, 0.15) is 18.9 Å². The molecule has 0 atom stereocenters. The van der Waals surface area contributed by atoms with Gasteiger partial charge >= 0.3 is 0 Å². The number of fused-ring (bicyclic) bond motifs is 3. The number of hydrogen-bond acceptors (Lipinski definition) is 6. The van der Waals surface area contributed by atoms with Gasteiger partial charge in [-0.1, -0.05) is 0 Å². The second-order valence-corrected chi connectivity index (χ2v) is 7.80. The van der Waals surface area contributed by atoms with E-state index in [-0.39, 0.29) is 11.4 Å². The van der Waals surface area contributed by atoms with E-state index in [1.165, 1.54) is 12.3 Å². The maximum atomic E-state index is 14.3. The van der Waals surface area contributed by atoms with Gasteiger partial charge in [0.15, 0.2) is 11.6 Å². The van der Waals surface area contributed by atoms with Crippen molar-refractivity contribution in [3.05, 3.63) is 53.6 Å². The number of hydrogen-bond donors (Lipinski definition) is 1. The lowest BCUT2D eigenvalue weighted by molar-refractivity contribution is 0.0226. The molecule has 32 heavy (non-hydrogen) atoms. The average molecular weight is 441 g/mol. The molecule has 0 spiro atoms. The van der Waals surface area contributed by atoms with Crippen LogP contribution in [-0.4, -0.2) is 49.7 Å². The van der Waals surface area contributed by atoms with Crippen molar-refractivity contribution in [2.24, 2.45) is 7.05 Å². The van der Waals surface area contributed by atoms with Crippen LogP contribution >= 0.6 is 0 Å². The smallest absolute Gasteiger partial charge is 0.286 e. The van der Waals surface area contributed by atoms with Crippen LogP contribution < -0.4 is 10.7 Å². The molecule has 0 saturated carbocycles. The Morgan fingerprint density at radius 3 is 2.75 bits per heavy atom. The molecule has 1 aliphatic heterocycles. The summed E-state index contributed by atoms with van der Waals surface area (Å²) >= 11 is 0. The first-order chi connectivity index (χ1) is 15.2. The maximum absolute atomic E-state index is 14.3. The second-order valence-electron chi connectivity index (χ2n) is 7.80. The van der Waals surface area contributed by atoms with Crippen molar-refractivity contribution >= 4 is 39.3 Å². The lowest BCUT2D eigenvalue weighted by Crippen LogP contribution is -2.42. The highest BCUT2D eigenvalue weighted by Gasteiger charge is 2.47. The first-order valence-electron chi connectivity index (χ1n) is 9.75. The summed E-state index contributed by atoms with van der Waals surface area (Å²) in [6.45, 7) is -0.0678. The van der Waals surface area contributed by atoms with Crippen LogP contribution in [0.5, 0.6) is 0 Å². The zero-order valence-corrected chi connectivity index (χ0v) is 17.2. The number of nitrogens with zero attached hydrogens (tertiary/aromatic N) is 6. The molecule has 164 valence electrons. The van der Waals surface area contributed by atoms with Gasteiger partial charge in [-0.2, -0.15) is 5.10 Å². The number of carbonyl (C=O) groups is 1. The topological polar surface area (TPSA) is 93.2 Å².